The summed E-state index contributed by atoms with van der Waals surface area (Å²) in [6, 6.07) is 4.05. The topological polar surface area (TPSA) is 0 Å². The fourth-order valence-corrected chi connectivity index (χ4v) is 3.28. The molecule has 0 nitrogen and oxygen atoms in total. The van der Waals surface area contributed by atoms with Crippen molar-refractivity contribution >= 4 is 60.6 Å². The zero-order valence-electron chi connectivity index (χ0n) is 6.48. The summed E-state index contributed by atoms with van der Waals surface area (Å²) in [7, 11) is 0. The second kappa shape index (κ2) is 3.77. The van der Waals surface area contributed by atoms with Crippen LogP contribution in [-0.4, -0.2) is 0 Å². The summed E-state index contributed by atoms with van der Waals surface area (Å²) in [4.78, 5) is 0. The van der Waals surface area contributed by atoms with Crippen LogP contribution in [0.3, 0.4) is 0 Å². The summed E-state index contributed by atoms with van der Waals surface area (Å²) in [5, 5.41) is 5.18. The molecule has 0 atom stereocenters. The number of alkyl halides is 1. The van der Waals surface area contributed by atoms with E-state index in [9.17, 15) is 0 Å². The molecule has 1 aromatic heterocycles. The normalized spacial score (nSPS) is 11.0. The van der Waals surface area contributed by atoms with Crippen molar-refractivity contribution in [3.05, 3.63) is 33.1 Å². The quantitative estimate of drug-likeness (QED) is 0.642. The van der Waals surface area contributed by atoms with E-state index in [1.807, 2.05) is 11.4 Å². The van der Waals surface area contributed by atoms with Crippen molar-refractivity contribution in [1.82, 2.24) is 0 Å². The molecular formula is C9H5BrCl2S. The minimum absolute atomic E-state index is 0.734. The fraction of sp³-hybridized carbons (Fsp3) is 0.111. The summed E-state index contributed by atoms with van der Waals surface area (Å²) in [5.41, 5.74) is 1.18. The van der Waals surface area contributed by atoms with E-state index in [4.69, 9.17) is 23.2 Å². The van der Waals surface area contributed by atoms with Gasteiger partial charge in [0.15, 0.2) is 0 Å². The lowest BCUT2D eigenvalue weighted by atomic mass is 10.2. The molecule has 0 bridgehead atoms. The Bertz CT molecular complexity index is 450. The highest BCUT2D eigenvalue weighted by molar-refractivity contribution is 9.08. The summed E-state index contributed by atoms with van der Waals surface area (Å²) in [5.74, 6) is 0. The van der Waals surface area contributed by atoms with E-state index >= 15 is 0 Å². The first-order valence-corrected chi connectivity index (χ1v) is 6.39. The number of halogens is 3. The lowest BCUT2D eigenvalue weighted by Gasteiger charge is -1.99. The van der Waals surface area contributed by atoms with Crippen molar-refractivity contribution in [2.24, 2.45) is 0 Å². The van der Waals surface area contributed by atoms with E-state index < -0.39 is 0 Å². The van der Waals surface area contributed by atoms with Crippen molar-refractivity contribution < 1.29 is 0 Å². The zero-order valence-corrected chi connectivity index (χ0v) is 10.4. The monoisotopic (exact) mass is 294 g/mol. The van der Waals surface area contributed by atoms with Gasteiger partial charge in [-0.3, -0.25) is 0 Å². The molecule has 0 N–H and O–H groups in total. The Morgan fingerprint density at radius 1 is 1.23 bits per heavy atom. The molecule has 2 aromatic rings. The van der Waals surface area contributed by atoms with Crippen LogP contribution in [-0.2, 0) is 5.33 Å². The first kappa shape index (κ1) is 9.78. The third kappa shape index (κ3) is 1.73. The predicted molar refractivity (Wildman–Crippen MR) is 64.5 cm³/mol. The number of benzene rings is 1. The molecule has 1 aromatic carbocycles. The molecule has 0 amide bonds. The van der Waals surface area contributed by atoms with Crippen LogP contribution in [0.2, 0.25) is 10.0 Å². The highest BCUT2D eigenvalue weighted by Crippen LogP contribution is 2.36. The molecule has 1 heterocycles. The Morgan fingerprint density at radius 2 is 2.00 bits per heavy atom. The van der Waals surface area contributed by atoms with Crippen LogP contribution in [0.1, 0.15) is 5.56 Å². The second-order valence-corrected chi connectivity index (χ2v) is 4.95. The molecule has 0 fully saturated rings. The maximum atomic E-state index is 6.09. The predicted octanol–water partition coefficient (Wildman–Crippen LogP) is 5.10. The van der Waals surface area contributed by atoms with Gasteiger partial charge in [0.25, 0.3) is 0 Å². The van der Waals surface area contributed by atoms with Crippen LogP contribution in [0.4, 0.5) is 0 Å². The molecule has 0 saturated heterocycles. The molecule has 0 unspecified atom stereocenters. The molecule has 0 aliphatic carbocycles. The maximum Gasteiger partial charge on any atom is 0.0606 e. The van der Waals surface area contributed by atoms with Gasteiger partial charge in [-0.15, -0.1) is 11.3 Å². The SMILES string of the molecule is Clc1csc2cc(CBr)cc(Cl)c12. The van der Waals surface area contributed by atoms with Gasteiger partial charge in [0, 0.05) is 20.8 Å². The number of hydrogen-bond acceptors (Lipinski definition) is 1. The molecular weight excluding hydrogens is 291 g/mol. The summed E-state index contributed by atoms with van der Waals surface area (Å²) in [6.07, 6.45) is 0. The van der Waals surface area contributed by atoms with Gasteiger partial charge in [-0.2, -0.15) is 0 Å². The van der Waals surface area contributed by atoms with Crippen LogP contribution >= 0.6 is 50.5 Å². The van der Waals surface area contributed by atoms with Gasteiger partial charge in [-0.05, 0) is 17.7 Å². The fourth-order valence-electron chi connectivity index (χ4n) is 1.21. The van der Waals surface area contributed by atoms with E-state index in [1.54, 1.807) is 11.3 Å². The van der Waals surface area contributed by atoms with Gasteiger partial charge in [0.1, 0.15) is 0 Å². The standard InChI is InChI=1S/C9H5BrCl2S/c10-3-5-1-6(11)9-7(12)4-13-8(9)2-5/h1-2,4H,3H2. The summed E-state index contributed by atoms with van der Waals surface area (Å²) >= 11 is 17.1. The summed E-state index contributed by atoms with van der Waals surface area (Å²) < 4.78 is 1.15. The molecule has 2 rings (SSSR count). The van der Waals surface area contributed by atoms with Crippen LogP contribution in [0, 0.1) is 0 Å². The Kier molecular flexibility index (Phi) is 2.84. The molecule has 68 valence electrons. The summed E-state index contributed by atoms with van der Waals surface area (Å²) in [6.45, 7) is 0. The second-order valence-electron chi connectivity index (χ2n) is 2.67. The van der Waals surface area contributed by atoms with E-state index in [1.165, 1.54) is 5.56 Å². The Balaban J connectivity index is 2.79. The van der Waals surface area contributed by atoms with Crippen molar-refractivity contribution in [2.45, 2.75) is 5.33 Å². The number of fused-ring (bicyclic) bond motifs is 1. The van der Waals surface area contributed by atoms with E-state index in [-0.39, 0.29) is 0 Å². The molecule has 0 radical (unpaired) electrons. The first-order chi connectivity index (χ1) is 6.22. The molecule has 0 spiro atoms. The minimum atomic E-state index is 0.734. The largest absolute Gasteiger partial charge is 0.142 e. The average Bonchev–Trinajstić information content (AvgIpc) is 2.48. The molecule has 0 saturated carbocycles. The zero-order chi connectivity index (χ0) is 9.42. The van der Waals surface area contributed by atoms with Gasteiger partial charge in [-0.25, -0.2) is 0 Å². The van der Waals surface area contributed by atoms with Gasteiger partial charge >= 0.3 is 0 Å². The third-order valence-electron chi connectivity index (χ3n) is 1.80. The van der Waals surface area contributed by atoms with Crippen LogP contribution in [0.25, 0.3) is 10.1 Å². The van der Waals surface area contributed by atoms with E-state index in [0.29, 0.717) is 0 Å². The highest BCUT2D eigenvalue weighted by Gasteiger charge is 2.07. The number of thiophene rings is 1. The van der Waals surface area contributed by atoms with Crippen LogP contribution < -0.4 is 0 Å². The van der Waals surface area contributed by atoms with Crippen molar-refractivity contribution in [2.75, 3.05) is 0 Å². The lowest BCUT2D eigenvalue weighted by molar-refractivity contribution is 1.47. The van der Waals surface area contributed by atoms with Gasteiger partial charge < -0.3 is 0 Å². The molecule has 0 aliphatic heterocycles. The molecule has 4 heteroatoms. The smallest absolute Gasteiger partial charge is 0.0606 e. The van der Waals surface area contributed by atoms with Gasteiger partial charge in [-0.1, -0.05) is 39.1 Å². The van der Waals surface area contributed by atoms with E-state index in [0.717, 1.165) is 25.5 Å². The maximum absolute atomic E-state index is 6.09. The molecule has 0 aliphatic rings. The van der Waals surface area contributed by atoms with Crippen LogP contribution in [0.5, 0.6) is 0 Å². The van der Waals surface area contributed by atoms with Crippen molar-refractivity contribution in [3.8, 4) is 0 Å². The lowest BCUT2D eigenvalue weighted by Crippen LogP contribution is -1.77. The Labute approximate surface area is 98.6 Å². The van der Waals surface area contributed by atoms with Crippen molar-refractivity contribution in [1.29, 1.82) is 0 Å². The number of rotatable bonds is 1. The molecule has 13 heavy (non-hydrogen) atoms. The van der Waals surface area contributed by atoms with Gasteiger partial charge in [0.2, 0.25) is 0 Å². The minimum Gasteiger partial charge on any atom is -0.142 e. The number of hydrogen-bond donors (Lipinski definition) is 0. The third-order valence-corrected chi connectivity index (χ3v) is 4.10. The Morgan fingerprint density at radius 3 is 2.69 bits per heavy atom. The Hall–Kier alpha value is 0.240. The van der Waals surface area contributed by atoms with Crippen LogP contribution in [0.15, 0.2) is 17.5 Å². The van der Waals surface area contributed by atoms with E-state index in [2.05, 4.69) is 22.0 Å². The first-order valence-electron chi connectivity index (χ1n) is 3.63. The van der Waals surface area contributed by atoms with Gasteiger partial charge in [0.05, 0.1) is 10.0 Å². The highest BCUT2D eigenvalue weighted by atomic mass is 79.9. The average molecular weight is 296 g/mol. The van der Waals surface area contributed by atoms with Crippen molar-refractivity contribution in [3.63, 3.8) is 0 Å².